The molecule has 1 heterocycles. The van der Waals surface area contributed by atoms with Crippen molar-refractivity contribution < 1.29 is 14.5 Å². The van der Waals surface area contributed by atoms with Crippen LogP contribution in [0.3, 0.4) is 0 Å². The van der Waals surface area contributed by atoms with Crippen LogP contribution in [0.5, 0.6) is 0 Å². The number of nitrogens with one attached hydrogen (secondary N) is 2. The zero-order chi connectivity index (χ0) is 20.0. The summed E-state index contributed by atoms with van der Waals surface area (Å²) >= 11 is 5.23. The lowest BCUT2D eigenvalue weighted by Gasteiger charge is -2.31. The number of thiocarbonyl (C=S) groups is 1. The molecule has 0 spiro atoms. The van der Waals surface area contributed by atoms with E-state index in [0.717, 1.165) is 19.6 Å². The summed E-state index contributed by atoms with van der Waals surface area (Å²) in [6.45, 7) is 12.0. The van der Waals surface area contributed by atoms with Crippen molar-refractivity contribution in [2.24, 2.45) is 10.9 Å². The van der Waals surface area contributed by atoms with Gasteiger partial charge in [0.25, 0.3) is 5.91 Å². The molecular weight excluding hydrogens is 360 g/mol. The Labute approximate surface area is 166 Å². The molecule has 146 valence electrons. The maximum absolute atomic E-state index is 12.9. The summed E-state index contributed by atoms with van der Waals surface area (Å²) in [5.41, 5.74) is 1.83. The van der Waals surface area contributed by atoms with Crippen molar-refractivity contribution >= 4 is 41.0 Å². The minimum Gasteiger partial charge on any atom is -0.334 e. The zero-order valence-electron chi connectivity index (χ0n) is 16.5. The summed E-state index contributed by atoms with van der Waals surface area (Å²) < 4.78 is 0. The van der Waals surface area contributed by atoms with E-state index in [1.807, 2.05) is 24.3 Å². The van der Waals surface area contributed by atoms with Gasteiger partial charge < -0.3 is 10.2 Å². The van der Waals surface area contributed by atoms with Crippen LogP contribution in [0.25, 0.3) is 0 Å². The summed E-state index contributed by atoms with van der Waals surface area (Å²) in [7, 11) is 0. The van der Waals surface area contributed by atoms with Gasteiger partial charge in [-0.3, -0.25) is 19.5 Å². The smallest absolute Gasteiger partial charge is 0.251 e. The normalized spacial score (nSPS) is 18.1. The lowest BCUT2D eigenvalue weighted by atomic mass is 10.0. The summed E-state index contributed by atoms with van der Waals surface area (Å²) in [4.78, 5) is 32.3. The Kier molecular flexibility index (Phi) is 7.62. The number of rotatable bonds is 8. The molecule has 1 aromatic rings. The lowest BCUT2D eigenvalue weighted by Crippen LogP contribution is -3.11. The molecule has 1 saturated heterocycles. The second-order valence-electron chi connectivity index (χ2n) is 6.95. The van der Waals surface area contributed by atoms with Gasteiger partial charge in [0.05, 0.1) is 31.9 Å². The molecule has 0 radical (unpaired) electrons. The van der Waals surface area contributed by atoms with Gasteiger partial charge in [-0.05, 0) is 49.7 Å². The second kappa shape index (κ2) is 9.71. The average Bonchev–Trinajstić information content (AvgIpc) is 2.64. The van der Waals surface area contributed by atoms with Gasteiger partial charge in [0.15, 0.2) is 11.0 Å². The number of hydrogen-bond acceptors (Lipinski definition) is 4. The van der Waals surface area contributed by atoms with Gasteiger partial charge in [-0.1, -0.05) is 26.0 Å². The first-order valence-corrected chi connectivity index (χ1v) is 9.92. The fourth-order valence-corrected chi connectivity index (χ4v) is 3.28. The van der Waals surface area contributed by atoms with Gasteiger partial charge in [-0.15, -0.1) is 0 Å². The van der Waals surface area contributed by atoms with Crippen molar-refractivity contribution in [1.29, 1.82) is 0 Å². The number of nitrogens with zero attached hydrogens (tertiary/aromatic N) is 2. The van der Waals surface area contributed by atoms with Gasteiger partial charge in [-0.25, -0.2) is 0 Å². The van der Waals surface area contributed by atoms with Crippen molar-refractivity contribution in [3.63, 3.8) is 0 Å². The van der Waals surface area contributed by atoms with Gasteiger partial charge in [0.1, 0.15) is 0 Å². The van der Waals surface area contributed by atoms with E-state index in [1.165, 1.54) is 21.6 Å². The highest BCUT2D eigenvalue weighted by Crippen LogP contribution is 2.23. The first-order valence-electron chi connectivity index (χ1n) is 9.51. The van der Waals surface area contributed by atoms with Crippen molar-refractivity contribution in [3.05, 3.63) is 29.8 Å². The SMILES string of the molecule is CC[NH+](CC)CCN=CC1C(=O)NC(=S)N(c2ccc(C(C)C)cc2)C1=O. The van der Waals surface area contributed by atoms with Gasteiger partial charge in [0.2, 0.25) is 5.91 Å². The van der Waals surface area contributed by atoms with E-state index in [4.69, 9.17) is 12.2 Å². The van der Waals surface area contributed by atoms with E-state index in [1.54, 1.807) is 0 Å². The third-order valence-corrected chi connectivity index (χ3v) is 5.15. The Morgan fingerprint density at radius 1 is 1.22 bits per heavy atom. The van der Waals surface area contributed by atoms with E-state index in [0.29, 0.717) is 18.2 Å². The molecule has 6 nitrogen and oxygen atoms in total. The number of carbonyl (C=O) groups excluding carboxylic acids is 2. The number of anilines is 1. The van der Waals surface area contributed by atoms with E-state index in [2.05, 4.69) is 38.0 Å². The summed E-state index contributed by atoms with van der Waals surface area (Å²) in [5, 5.41) is 2.73. The fourth-order valence-electron chi connectivity index (χ4n) is 2.98. The van der Waals surface area contributed by atoms with Gasteiger partial charge in [-0.2, -0.15) is 0 Å². The van der Waals surface area contributed by atoms with Crippen LogP contribution in [0.2, 0.25) is 0 Å². The monoisotopic (exact) mass is 389 g/mol. The highest BCUT2D eigenvalue weighted by atomic mass is 32.1. The maximum atomic E-state index is 12.9. The largest absolute Gasteiger partial charge is 0.334 e. The van der Waals surface area contributed by atoms with Crippen molar-refractivity contribution in [3.8, 4) is 0 Å². The molecule has 1 aliphatic heterocycles. The summed E-state index contributed by atoms with van der Waals surface area (Å²) in [6.07, 6.45) is 1.46. The van der Waals surface area contributed by atoms with E-state index in [9.17, 15) is 9.59 Å². The standard InChI is InChI=1S/C20H28N4O2S/c1-5-23(6-2)12-11-21-13-17-18(25)22-20(27)24(19(17)26)16-9-7-15(8-10-16)14(3)4/h7-10,13-14,17H,5-6,11-12H2,1-4H3,(H,22,25,27)/p+1. The molecule has 0 aromatic heterocycles. The van der Waals surface area contributed by atoms with Crippen LogP contribution in [-0.4, -0.2) is 49.3 Å². The van der Waals surface area contributed by atoms with Crippen LogP contribution in [0.15, 0.2) is 29.3 Å². The highest BCUT2D eigenvalue weighted by Gasteiger charge is 2.38. The Hall–Kier alpha value is -2.12. The van der Waals surface area contributed by atoms with E-state index >= 15 is 0 Å². The Balaban J connectivity index is 2.12. The molecule has 1 unspecified atom stereocenters. The predicted molar refractivity (Wildman–Crippen MR) is 113 cm³/mol. The average molecular weight is 390 g/mol. The van der Waals surface area contributed by atoms with Crippen LogP contribution < -0.4 is 15.1 Å². The molecule has 1 fully saturated rings. The third kappa shape index (κ3) is 5.20. The number of benzene rings is 1. The van der Waals surface area contributed by atoms with Crippen LogP contribution in [0, 0.1) is 5.92 Å². The fraction of sp³-hybridized carbons (Fsp3) is 0.500. The number of aliphatic imine (C=N–C) groups is 1. The van der Waals surface area contributed by atoms with Gasteiger partial charge >= 0.3 is 0 Å². The van der Waals surface area contributed by atoms with Crippen molar-refractivity contribution in [1.82, 2.24) is 5.32 Å². The minimum atomic E-state index is -0.951. The van der Waals surface area contributed by atoms with E-state index < -0.39 is 11.8 Å². The van der Waals surface area contributed by atoms with Crippen LogP contribution in [-0.2, 0) is 9.59 Å². The van der Waals surface area contributed by atoms with Crippen LogP contribution >= 0.6 is 12.2 Å². The quantitative estimate of drug-likeness (QED) is 0.398. The molecule has 0 bridgehead atoms. The van der Waals surface area contributed by atoms with Crippen LogP contribution in [0.1, 0.15) is 39.2 Å². The first-order chi connectivity index (χ1) is 12.9. The van der Waals surface area contributed by atoms with Crippen molar-refractivity contribution in [2.75, 3.05) is 31.1 Å². The number of amides is 2. The zero-order valence-corrected chi connectivity index (χ0v) is 17.3. The molecule has 2 N–H and O–H groups in total. The number of likely N-dealkylation sites (N-methyl/N-ethyl adjacent to an activating group) is 1. The number of carbonyl (C=O) groups is 2. The molecular formula is C20H29N4O2S+. The molecule has 0 aliphatic carbocycles. The third-order valence-electron chi connectivity index (χ3n) is 4.87. The number of hydrogen-bond donors (Lipinski definition) is 2. The second-order valence-corrected chi connectivity index (χ2v) is 7.34. The summed E-state index contributed by atoms with van der Waals surface area (Å²) in [5.74, 6) is -1.33. The van der Waals surface area contributed by atoms with Crippen molar-refractivity contribution in [2.45, 2.75) is 33.6 Å². The number of quaternary nitrogens is 1. The topological polar surface area (TPSA) is 66.2 Å². The van der Waals surface area contributed by atoms with Gasteiger partial charge in [0, 0.05) is 6.21 Å². The van der Waals surface area contributed by atoms with Crippen LogP contribution in [0.4, 0.5) is 5.69 Å². The predicted octanol–water partition coefficient (Wildman–Crippen LogP) is 1.17. The molecule has 0 saturated carbocycles. The molecule has 1 aliphatic rings. The molecule has 27 heavy (non-hydrogen) atoms. The molecule has 7 heteroatoms. The molecule has 2 rings (SSSR count). The minimum absolute atomic E-state index is 0.111. The Bertz CT molecular complexity index is 711. The lowest BCUT2D eigenvalue weighted by molar-refractivity contribution is -0.894. The molecule has 1 aromatic carbocycles. The molecule has 2 amide bonds. The Morgan fingerprint density at radius 2 is 1.85 bits per heavy atom. The maximum Gasteiger partial charge on any atom is 0.251 e. The van der Waals surface area contributed by atoms with E-state index in [-0.39, 0.29) is 11.0 Å². The summed E-state index contributed by atoms with van der Waals surface area (Å²) in [6, 6.07) is 7.66. The first kappa shape index (κ1) is 21.2. The highest BCUT2D eigenvalue weighted by molar-refractivity contribution is 7.80. The Morgan fingerprint density at radius 3 is 2.41 bits per heavy atom. The molecule has 1 atom stereocenters.